The minimum absolute atomic E-state index is 0.0116. The summed E-state index contributed by atoms with van der Waals surface area (Å²) in [7, 11) is 7.31. The van der Waals surface area contributed by atoms with Crippen molar-refractivity contribution in [1.29, 1.82) is 0 Å². The number of nitrogens with zero attached hydrogens (tertiary/aromatic N) is 2. The predicted octanol–water partition coefficient (Wildman–Crippen LogP) is -0.0487. The summed E-state index contributed by atoms with van der Waals surface area (Å²) < 4.78 is 0. The van der Waals surface area contributed by atoms with Crippen molar-refractivity contribution in [2.45, 2.75) is 19.0 Å². The van der Waals surface area contributed by atoms with E-state index in [1.54, 1.807) is 19.0 Å². The van der Waals surface area contributed by atoms with Gasteiger partial charge in [0.1, 0.15) is 6.04 Å². The molecular formula is C8H18N2O2. The Labute approximate surface area is 73.8 Å². The SMILES string of the molecule is CC(C(C(=O)O)N(C)C)N(C)C. The van der Waals surface area contributed by atoms with Gasteiger partial charge in [-0.2, -0.15) is 0 Å². The Balaban J connectivity index is 4.40. The van der Waals surface area contributed by atoms with Crippen LogP contribution in [-0.2, 0) is 4.79 Å². The van der Waals surface area contributed by atoms with Crippen LogP contribution in [0.25, 0.3) is 0 Å². The minimum atomic E-state index is -0.777. The van der Waals surface area contributed by atoms with E-state index in [9.17, 15) is 4.79 Å². The van der Waals surface area contributed by atoms with Gasteiger partial charge >= 0.3 is 5.97 Å². The number of rotatable bonds is 4. The van der Waals surface area contributed by atoms with E-state index < -0.39 is 12.0 Å². The highest BCUT2D eigenvalue weighted by Gasteiger charge is 2.27. The maximum absolute atomic E-state index is 10.8. The first-order valence-corrected chi connectivity index (χ1v) is 3.93. The summed E-state index contributed by atoms with van der Waals surface area (Å²) in [5.41, 5.74) is 0. The van der Waals surface area contributed by atoms with E-state index in [0.29, 0.717) is 0 Å². The van der Waals surface area contributed by atoms with Gasteiger partial charge in [0.25, 0.3) is 0 Å². The van der Waals surface area contributed by atoms with Gasteiger partial charge in [0.2, 0.25) is 0 Å². The summed E-state index contributed by atoms with van der Waals surface area (Å²) in [5, 5.41) is 8.89. The Morgan fingerprint density at radius 3 is 1.67 bits per heavy atom. The van der Waals surface area contributed by atoms with Crippen LogP contribution in [0.1, 0.15) is 6.92 Å². The summed E-state index contributed by atoms with van der Waals surface area (Å²) in [6.07, 6.45) is 0. The monoisotopic (exact) mass is 174 g/mol. The molecule has 0 aliphatic rings. The van der Waals surface area contributed by atoms with Gasteiger partial charge < -0.3 is 10.0 Å². The maximum atomic E-state index is 10.8. The van der Waals surface area contributed by atoms with Gasteiger partial charge in [0.15, 0.2) is 0 Å². The zero-order valence-electron chi connectivity index (χ0n) is 8.40. The fourth-order valence-corrected chi connectivity index (χ4v) is 1.14. The number of likely N-dealkylation sites (N-methyl/N-ethyl adjacent to an activating group) is 2. The molecule has 0 spiro atoms. The highest BCUT2D eigenvalue weighted by Crippen LogP contribution is 2.05. The average Bonchev–Trinajstić information content (AvgIpc) is 1.85. The first-order chi connectivity index (χ1) is 5.37. The van der Waals surface area contributed by atoms with Gasteiger partial charge in [-0.05, 0) is 35.1 Å². The number of aliphatic carboxylic acids is 1. The van der Waals surface area contributed by atoms with Crippen LogP contribution >= 0.6 is 0 Å². The van der Waals surface area contributed by atoms with Crippen LogP contribution < -0.4 is 0 Å². The van der Waals surface area contributed by atoms with E-state index in [1.807, 2.05) is 25.9 Å². The molecule has 2 unspecified atom stereocenters. The molecule has 12 heavy (non-hydrogen) atoms. The lowest BCUT2D eigenvalue weighted by Gasteiger charge is -2.30. The second kappa shape index (κ2) is 4.42. The number of hydrogen-bond acceptors (Lipinski definition) is 3. The molecule has 0 saturated carbocycles. The van der Waals surface area contributed by atoms with Crippen molar-refractivity contribution in [3.8, 4) is 0 Å². The first-order valence-electron chi connectivity index (χ1n) is 3.93. The molecule has 0 aromatic rings. The van der Waals surface area contributed by atoms with Crippen LogP contribution in [0, 0.1) is 0 Å². The molecule has 0 amide bonds. The molecule has 0 heterocycles. The van der Waals surface area contributed by atoms with Gasteiger partial charge in [-0.25, -0.2) is 0 Å². The molecule has 4 nitrogen and oxygen atoms in total. The van der Waals surface area contributed by atoms with Crippen LogP contribution in [0.2, 0.25) is 0 Å². The summed E-state index contributed by atoms with van der Waals surface area (Å²) in [6.45, 7) is 1.90. The summed E-state index contributed by atoms with van der Waals surface area (Å²) >= 11 is 0. The smallest absolute Gasteiger partial charge is 0.322 e. The topological polar surface area (TPSA) is 43.8 Å². The molecule has 0 aromatic heterocycles. The van der Waals surface area contributed by atoms with E-state index >= 15 is 0 Å². The molecule has 4 heteroatoms. The quantitative estimate of drug-likeness (QED) is 0.649. The lowest BCUT2D eigenvalue weighted by molar-refractivity contribution is -0.144. The molecule has 0 radical (unpaired) electrons. The second-order valence-corrected chi connectivity index (χ2v) is 3.45. The first kappa shape index (κ1) is 11.4. The fraction of sp³-hybridized carbons (Fsp3) is 0.875. The molecule has 0 fully saturated rings. The molecule has 0 rings (SSSR count). The third-order valence-electron chi connectivity index (χ3n) is 2.08. The third-order valence-corrected chi connectivity index (χ3v) is 2.08. The Hall–Kier alpha value is -0.610. The van der Waals surface area contributed by atoms with Crippen molar-refractivity contribution in [1.82, 2.24) is 9.80 Å². The van der Waals surface area contributed by atoms with Crippen LogP contribution in [0.3, 0.4) is 0 Å². The summed E-state index contributed by atoms with van der Waals surface area (Å²) in [6, 6.07) is -0.433. The number of carboxylic acid groups (broad SMARTS) is 1. The van der Waals surface area contributed by atoms with E-state index in [1.165, 1.54) is 0 Å². The third kappa shape index (κ3) is 2.79. The van der Waals surface area contributed by atoms with Crippen LogP contribution in [-0.4, -0.2) is 61.2 Å². The molecule has 2 atom stereocenters. The van der Waals surface area contributed by atoms with Gasteiger partial charge in [0, 0.05) is 6.04 Å². The fourth-order valence-electron chi connectivity index (χ4n) is 1.14. The van der Waals surface area contributed by atoms with Gasteiger partial charge in [0.05, 0.1) is 0 Å². The molecule has 0 aliphatic carbocycles. The van der Waals surface area contributed by atoms with Crippen LogP contribution in [0.15, 0.2) is 0 Å². The van der Waals surface area contributed by atoms with Crippen molar-refractivity contribution < 1.29 is 9.90 Å². The molecule has 0 aromatic carbocycles. The Kier molecular flexibility index (Phi) is 4.20. The number of hydrogen-bond donors (Lipinski definition) is 1. The molecular weight excluding hydrogens is 156 g/mol. The molecule has 0 saturated heterocycles. The predicted molar refractivity (Wildman–Crippen MR) is 48.3 cm³/mol. The lowest BCUT2D eigenvalue weighted by Crippen LogP contribution is -2.49. The zero-order valence-corrected chi connectivity index (χ0v) is 8.40. The van der Waals surface area contributed by atoms with E-state index in [2.05, 4.69) is 0 Å². The highest BCUT2D eigenvalue weighted by atomic mass is 16.4. The van der Waals surface area contributed by atoms with Crippen molar-refractivity contribution in [3.05, 3.63) is 0 Å². The highest BCUT2D eigenvalue weighted by molar-refractivity contribution is 5.74. The molecule has 0 aliphatic heterocycles. The van der Waals surface area contributed by atoms with E-state index in [0.717, 1.165) is 0 Å². The standard InChI is InChI=1S/C8H18N2O2/c1-6(9(2)3)7(8(11)12)10(4)5/h6-7H,1-5H3,(H,11,12). The summed E-state index contributed by atoms with van der Waals surface area (Å²) in [5.74, 6) is -0.777. The van der Waals surface area contributed by atoms with Crippen molar-refractivity contribution in [3.63, 3.8) is 0 Å². The van der Waals surface area contributed by atoms with Gasteiger partial charge in [-0.15, -0.1) is 0 Å². The minimum Gasteiger partial charge on any atom is -0.480 e. The zero-order chi connectivity index (χ0) is 9.89. The number of carbonyl (C=O) groups is 1. The Morgan fingerprint density at radius 1 is 1.17 bits per heavy atom. The Bertz CT molecular complexity index is 157. The van der Waals surface area contributed by atoms with Crippen LogP contribution in [0.4, 0.5) is 0 Å². The lowest BCUT2D eigenvalue weighted by atomic mass is 10.1. The largest absolute Gasteiger partial charge is 0.480 e. The summed E-state index contributed by atoms with van der Waals surface area (Å²) in [4.78, 5) is 14.4. The second-order valence-electron chi connectivity index (χ2n) is 3.45. The molecule has 72 valence electrons. The number of carboxylic acids is 1. The van der Waals surface area contributed by atoms with Crippen molar-refractivity contribution in [2.24, 2.45) is 0 Å². The van der Waals surface area contributed by atoms with E-state index in [-0.39, 0.29) is 6.04 Å². The van der Waals surface area contributed by atoms with Crippen molar-refractivity contribution in [2.75, 3.05) is 28.2 Å². The van der Waals surface area contributed by atoms with Crippen molar-refractivity contribution >= 4 is 5.97 Å². The van der Waals surface area contributed by atoms with Gasteiger partial charge in [-0.3, -0.25) is 9.69 Å². The van der Waals surface area contributed by atoms with Gasteiger partial charge in [-0.1, -0.05) is 0 Å². The molecule has 1 N–H and O–H groups in total. The average molecular weight is 174 g/mol. The van der Waals surface area contributed by atoms with Crippen LogP contribution in [0.5, 0.6) is 0 Å². The van der Waals surface area contributed by atoms with E-state index in [4.69, 9.17) is 5.11 Å². The maximum Gasteiger partial charge on any atom is 0.322 e. The Morgan fingerprint density at radius 2 is 1.58 bits per heavy atom. The molecule has 0 bridgehead atoms. The normalized spacial score (nSPS) is 16.6.